The summed E-state index contributed by atoms with van der Waals surface area (Å²) in [6.45, 7) is 0. The van der Waals surface area contributed by atoms with Crippen molar-refractivity contribution in [3.05, 3.63) is 47.3 Å². The molecule has 3 aromatic rings. The highest BCUT2D eigenvalue weighted by molar-refractivity contribution is 7.71. The van der Waals surface area contributed by atoms with Crippen molar-refractivity contribution < 1.29 is 4.42 Å². The van der Waals surface area contributed by atoms with Crippen LogP contribution in [0.25, 0.3) is 22.2 Å². The maximum Gasteiger partial charge on any atom is 0.284 e. The van der Waals surface area contributed by atoms with Crippen LogP contribution in [0.15, 0.2) is 46.9 Å². The van der Waals surface area contributed by atoms with E-state index in [9.17, 15) is 0 Å². The lowest BCUT2D eigenvalue weighted by molar-refractivity contribution is 0.552. The van der Waals surface area contributed by atoms with Gasteiger partial charge in [0.2, 0.25) is 5.89 Å². The fourth-order valence-electron chi connectivity index (χ4n) is 1.76. The van der Waals surface area contributed by atoms with E-state index in [-0.39, 0.29) is 0 Å². The van der Waals surface area contributed by atoms with Gasteiger partial charge in [-0.15, -0.1) is 5.10 Å². The number of nitrogens with one attached hydrogen (secondary N) is 1. The molecule has 0 amide bonds. The lowest BCUT2D eigenvalue weighted by atomic mass is 10.0. The van der Waals surface area contributed by atoms with Crippen molar-refractivity contribution in [1.29, 1.82) is 0 Å². The molecule has 0 bridgehead atoms. The first kappa shape index (κ1) is 9.30. The molecule has 1 heterocycles. The van der Waals surface area contributed by atoms with Crippen molar-refractivity contribution >= 4 is 23.0 Å². The molecule has 0 radical (unpaired) electrons. The van der Waals surface area contributed by atoms with E-state index in [1.54, 1.807) is 0 Å². The number of fused-ring (bicyclic) bond motifs is 1. The monoisotopic (exact) mass is 228 g/mol. The summed E-state index contributed by atoms with van der Waals surface area (Å²) in [6, 6.07) is 14.1. The van der Waals surface area contributed by atoms with Gasteiger partial charge in [0.05, 0.1) is 0 Å². The van der Waals surface area contributed by atoms with Gasteiger partial charge in [-0.3, -0.25) is 0 Å². The van der Waals surface area contributed by atoms with E-state index in [0.29, 0.717) is 10.7 Å². The topological polar surface area (TPSA) is 41.8 Å². The molecule has 16 heavy (non-hydrogen) atoms. The zero-order valence-corrected chi connectivity index (χ0v) is 9.12. The molecule has 4 heteroatoms. The predicted molar refractivity (Wildman–Crippen MR) is 64.6 cm³/mol. The summed E-state index contributed by atoms with van der Waals surface area (Å²) in [6.07, 6.45) is 0. The largest absolute Gasteiger partial charge is 0.409 e. The third-order valence-corrected chi connectivity index (χ3v) is 2.63. The van der Waals surface area contributed by atoms with Crippen LogP contribution < -0.4 is 0 Å². The minimum atomic E-state index is 0.294. The van der Waals surface area contributed by atoms with E-state index in [2.05, 4.69) is 22.3 Å². The minimum Gasteiger partial charge on any atom is -0.409 e. The lowest BCUT2D eigenvalue weighted by Crippen LogP contribution is -1.80. The molecule has 2 aromatic carbocycles. The van der Waals surface area contributed by atoms with Crippen LogP contribution in [0.1, 0.15) is 0 Å². The Morgan fingerprint density at radius 2 is 1.88 bits per heavy atom. The van der Waals surface area contributed by atoms with E-state index < -0.39 is 0 Å². The first-order chi connectivity index (χ1) is 7.84. The van der Waals surface area contributed by atoms with E-state index in [1.807, 2.05) is 30.3 Å². The average molecular weight is 228 g/mol. The lowest BCUT2D eigenvalue weighted by Gasteiger charge is -2.01. The Hall–Kier alpha value is -1.94. The second-order valence-electron chi connectivity index (χ2n) is 3.44. The van der Waals surface area contributed by atoms with Crippen LogP contribution in [-0.2, 0) is 0 Å². The molecule has 3 rings (SSSR count). The molecule has 78 valence electrons. The first-order valence-corrected chi connectivity index (χ1v) is 5.29. The number of aromatic nitrogens is 2. The Labute approximate surface area is 96.7 Å². The van der Waals surface area contributed by atoms with Gasteiger partial charge in [-0.25, -0.2) is 5.10 Å². The third kappa shape index (κ3) is 1.44. The highest BCUT2D eigenvalue weighted by Crippen LogP contribution is 2.26. The van der Waals surface area contributed by atoms with Gasteiger partial charge in [0.15, 0.2) is 0 Å². The van der Waals surface area contributed by atoms with Gasteiger partial charge in [-0.2, -0.15) is 0 Å². The molecule has 1 aromatic heterocycles. The van der Waals surface area contributed by atoms with Crippen molar-refractivity contribution in [3.63, 3.8) is 0 Å². The fraction of sp³-hybridized carbons (Fsp3) is 0. The number of benzene rings is 2. The summed E-state index contributed by atoms with van der Waals surface area (Å²) in [5, 5.41) is 8.93. The Morgan fingerprint density at radius 3 is 2.69 bits per heavy atom. The number of H-pyrrole nitrogens is 1. The molecule has 0 saturated carbocycles. The van der Waals surface area contributed by atoms with Crippen LogP contribution >= 0.6 is 12.2 Å². The van der Waals surface area contributed by atoms with Crippen LogP contribution in [-0.4, -0.2) is 10.2 Å². The van der Waals surface area contributed by atoms with E-state index in [1.165, 1.54) is 0 Å². The zero-order chi connectivity index (χ0) is 11.0. The molecule has 0 fully saturated rings. The number of rotatable bonds is 1. The molecule has 0 spiro atoms. The van der Waals surface area contributed by atoms with Crippen LogP contribution in [0, 0.1) is 4.84 Å². The summed E-state index contributed by atoms with van der Waals surface area (Å²) >= 11 is 4.87. The first-order valence-electron chi connectivity index (χ1n) is 4.88. The molecule has 0 atom stereocenters. The van der Waals surface area contributed by atoms with Crippen LogP contribution in [0.5, 0.6) is 0 Å². The Balaban J connectivity index is 2.35. The van der Waals surface area contributed by atoms with Crippen LogP contribution in [0.2, 0.25) is 0 Å². The predicted octanol–water partition coefficient (Wildman–Crippen LogP) is 3.55. The standard InChI is InChI=1S/C12H8N2OS/c16-12-14-13-11(15-12)10-7-3-5-8-4-1-2-6-9(8)10/h1-7H,(H,14,16). The van der Waals surface area contributed by atoms with Crippen molar-refractivity contribution in [2.45, 2.75) is 0 Å². The van der Waals surface area contributed by atoms with Crippen LogP contribution in [0.3, 0.4) is 0 Å². The molecule has 0 unspecified atom stereocenters. The number of hydrogen-bond donors (Lipinski definition) is 1. The molecule has 1 N–H and O–H groups in total. The smallest absolute Gasteiger partial charge is 0.284 e. The number of aromatic amines is 1. The molecular formula is C12H8N2OS. The average Bonchev–Trinajstić information content (AvgIpc) is 2.75. The summed E-state index contributed by atoms with van der Waals surface area (Å²) in [7, 11) is 0. The van der Waals surface area contributed by atoms with Gasteiger partial charge in [-0.1, -0.05) is 36.4 Å². The normalized spacial score (nSPS) is 10.8. The van der Waals surface area contributed by atoms with Crippen molar-refractivity contribution in [3.8, 4) is 11.5 Å². The minimum absolute atomic E-state index is 0.294. The van der Waals surface area contributed by atoms with Gasteiger partial charge < -0.3 is 4.42 Å². The molecular weight excluding hydrogens is 220 g/mol. The quantitative estimate of drug-likeness (QED) is 0.647. The Bertz CT molecular complexity index is 694. The van der Waals surface area contributed by atoms with Gasteiger partial charge in [0.25, 0.3) is 4.84 Å². The summed E-state index contributed by atoms with van der Waals surface area (Å²) in [5.41, 5.74) is 0.949. The maximum atomic E-state index is 5.33. The van der Waals surface area contributed by atoms with E-state index >= 15 is 0 Å². The highest BCUT2D eigenvalue weighted by atomic mass is 32.1. The van der Waals surface area contributed by atoms with Crippen molar-refractivity contribution in [1.82, 2.24) is 10.2 Å². The molecule has 0 aliphatic heterocycles. The fourth-order valence-corrected chi connectivity index (χ4v) is 1.88. The second kappa shape index (κ2) is 3.57. The van der Waals surface area contributed by atoms with Crippen molar-refractivity contribution in [2.24, 2.45) is 0 Å². The SMILES string of the molecule is S=c1[nH]nc(-c2cccc3ccccc23)o1. The van der Waals surface area contributed by atoms with Crippen molar-refractivity contribution in [2.75, 3.05) is 0 Å². The van der Waals surface area contributed by atoms with E-state index in [0.717, 1.165) is 16.3 Å². The van der Waals surface area contributed by atoms with Gasteiger partial charge in [0.1, 0.15) is 0 Å². The molecule has 0 aliphatic rings. The maximum absolute atomic E-state index is 5.33. The van der Waals surface area contributed by atoms with Gasteiger partial charge in [-0.05, 0) is 29.1 Å². The summed E-state index contributed by atoms with van der Waals surface area (Å²) < 4.78 is 5.33. The highest BCUT2D eigenvalue weighted by Gasteiger charge is 2.07. The summed E-state index contributed by atoms with van der Waals surface area (Å²) in [5.74, 6) is 0.529. The van der Waals surface area contributed by atoms with E-state index in [4.69, 9.17) is 16.6 Å². The third-order valence-electron chi connectivity index (χ3n) is 2.46. The Kier molecular flexibility index (Phi) is 2.08. The Morgan fingerprint density at radius 1 is 1.06 bits per heavy atom. The summed E-state index contributed by atoms with van der Waals surface area (Å²) in [4.78, 5) is 0.294. The molecule has 0 saturated heterocycles. The van der Waals surface area contributed by atoms with Gasteiger partial charge >= 0.3 is 0 Å². The number of hydrogen-bond acceptors (Lipinski definition) is 3. The number of nitrogens with zero attached hydrogens (tertiary/aromatic N) is 1. The van der Waals surface area contributed by atoms with Gasteiger partial charge in [0, 0.05) is 5.56 Å². The second-order valence-corrected chi connectivity index (χ2v) is 3.82. The molecule has 3 nitrogen and oxygen atoms in total. The van der Waals surface area contributed by atoms with Crippen LogP contribution in [0.4, 0.5) is 0 Å². The zero-order valence-electron chi connectivity index (χ0n) is 8.31. The molecule has 0 aliphatic carbocycles.